The minimum Gasteiger partial charge on any atom is -0.486 e. The molecule has 2 amide bonds. The second kappa shape index (κ2) is 9.14. The summed E-state index contributed by atoms with van der Waals surface area (Å²) in [6.45, 7) is -0.541. The molecule has 0 saturated carbocycles. The van der Waals surface area contributed by atoms with Crippen molar-refractivity contribution >= 4 is 11.8 Å². The first-order valence-corrected chi connectivity index (χ1v) is 10.6. The minimum absolute atomic E-state index is 0.0799. The van der Waals surface area contributed by atoms with E-state index in [0.717, 1.165) is 16.5 Å². The number of hydrogen-bond donors (Lipinski definition) is 0. The van der Waals surface area contributed by atoms with Crippen molar-refractivity contribution < 1.29 is 27.5 Å². The van der Waals surface area contributed by atoms with Gasteiger partial charge in [-0.1, -0.05) is 30.3 Å². The van der Waals surface area contributed by atoms with Gasteiger partial charge in [-0.25, -0.2) is 13.2 Å². The number of likely N-dealkylation sites (tertiary alicyclic amines) is 2. The van der Waals surface area contributed by atoms with Crippen LogP contribution in [0.3, 0.4) is 0 Å². The van der Waals surface area contributed by atoms with Crippen LogP contribution in [0.15, 0.2) is 48.5 Å². The van der Waals surface area contributed by atoms with Crippen molar-refractivity contribution in [2.24, 2.45) is 0 Å². The second-order valence-corrected chi connectivity index (χ2v) is 8.25. The molecule has 2 atom stereocenters. The molecule has 2 aliphatic heterocycles. The molecule has 9 heteroatoms. The predicted octanol–water partition coefficient (Wildman–Crippen LogP) is 3.77. The van der Waals surface area contributed by atoms with Crippen LogP contribution in [0.5, 0.6) is 5.75 Å². The summed E-state index contributed by atoms with van der Waals surface area (Å²) in [5.41, 5.74) is 0.670. The highest BCUT2D eigenvalue weighted by Gasteiger charge is 2.52. The molecular weight excluding hydrogens is 435 g/mol. The Balaban J connectivity index is 1.51. The molecular formula is C24H22F3N3O3. The molecule has 0 N–H and O–H groups in total. The van der Waals surface area contributed by atoms with Crippen molar-refractivity contribution in [3.05, 3.63) is 65.5 Å². The molecule has 2 heterocycles. The number of nitriles is 1. The first-order valence-electron chi connectivity index (χ1n) is 10.6. The van der Waals surface area contributed by atoms with E-state index >= 15 is 0 Å². The maximum Gasteiger partial charge on any atom is 0.267 e. The fourth-order valence-electron chi connectivity index (χ4n) is 4.26. The van der Waals surface area contributed by atoms with Crippen molar-refractivity contribution in [3.8, 4) is 11.8 Å². The van der Waals surface area contributed by atoms with Gasteiger partial charge in [-0.3, -0.25) is 9.59 Å². The Labute approximate surface area is 189 Å². The number of rotatable bonds is 5. The topological polar surface area (TPSA) is 73.6 Å². The van der Waals surface area contributed by atoms with E-state index in [1.165, 1.54) is 17.0 Å². The van der Waals surface area contributed by atoms with E-state index in [2.05, 4.69) is 0 Å². The van der Waals surface area contributed by atoms with Crippen molar-refractivity contribution in [2.45, 2.75) is 43.9 Å². The molecule has 2 aromatic rings. The van der Waals surface area contributed by atoms with Crippen LogP contribution in [0, 0.1) is 17.1 Å². The van der Waals surface area contributed by atoms with Crippen molar-refractivity contribution in [1.29, 1.82) is 5.26 Å². The lowest BCUT2D eigenvalue weighted by molar-refractivity contribution is -0.135. The summed E-state index contributed by atoms with van der Waals surface area (Å²) < 4.78 is 48.5. The molecule has 2 aromatic carbocycles. The molecule has 172 valence electrons. The van der Waals surface area contributed by atoms with Crippen molar-refractivity contribution in [2.75, 3.05) is 13.1 Å². The first-order chi connectivity index (χ1) is 15.8. The third-order valence-corrected chi connectivity index (χ3v) is 5.92. The third kappa shape index (κ3) is 4.80. The lowest BCUT2D eigenvalue weighted by Crippen LogP contribution is -2.49. The lowest BCUT2D eigenvalue weighted by atomic mass is 10.1. The summed E-state index contributed by atoms with van der Waals surface area (Å²) in [7, 11) is 0. The van der Waals surface area contributed by atoms with E-state index in [1.54, 1.807) is 0 Å². The van der Waals surface area contributed by atoms with E-state index < -0.39 is 48.6 Å². The molecule has 2 aliphatic rings. The molecule has 4 rings (SSSR count). The SMILES string of the molecule is N#CC1CCCN1C(=O)[C@@H]1CC(F)(F)CN1C(=O)c1ccc(OCc2ccccc2)c(F)c1. The first kappa shape index (κ1) is 22.6. The zero-order chi connectivity index (χ0) is 23.6. The number of ether oxygens (including phenoxy) is 1. The minimum atomic E-state index is -3.25. The average molecular weight is 457 g/mol. The van der Waals surface area contributed by atoms with Gasteiger partial charge in [-0.2, -0.15) is 5.26 Å². The number of alkyl halides is 2. The largest absolute Gasteiger partial charge is 0.486 e. The fraction of sp³-hybridized carbons (Fsp3) is 0.375. The van der Waals surface area contributed by atoms with Crippen LogP contribution in [-0.4, -0.2) is 52.7 Å². The van der Waals surface area contributed by atoms with Gasteiger partial charge in [0.1, 0.15) is 18.7 Å². The molecule has 6 nitrogen and oxygen atoms in total. The van der Waals surface area contributed by atoms with Crippen LogP contribution in [-0.2, 0) is 11.4 Å². The van der Waals surface area contributed by atoms with Gasteiger partial charge in [-0.15, -0.1) is 0 Å². The molecule has 2 fully saturated rings. The molecule has 33 heavy (non-hydrogen) atoms. The highest BCUT2D eigenvalue weighted by molar-refractivity contribution is 5.98. The summed E-state index contributed by atoms with van der Waals surface area (Å²) in [6, 6.07) is 12.5. The molecule has 0 aromatic heterocycles. The highest BCUT2D eigenvalue weighted by Crippen LogP contribution is 2.35. The van der Waals surface area contributed by atoms with Crippen LogP contribution in [0.1, 0.15) is 35.2 Å². The molecule has 0 bridgehead atoms. The summed E-state index contributed by atoms with van der Waals surface area (Å²) in [6.07, 6.45) is 0.235. The van der Waals surface area contributed by atoms with Gasteiger partial charge in [0.05, 0.1) is 12.6 Å². The number of hydrogen-bond acceptors (Lipinski definition) is 4. The van der Waals surface area contributed by atoms with Gasteiger partial charge >= 0.3 is 0 Å². The Morgan fingerprint density at radius 1 is 1.15 bits per heavy atom. The standard InChI is InChI=1S/C24H22F3N3O3/c25-19-11-17(8-9-21(19)33-14-16-5-2-1-3-6-16)22(31)30-15-24(26,27)12-20(30)23(32)29-10-4-7-18(29)13-28/h1-3,5-6,8-9,11,18,20H,4,7,10,12,14-15H2/t18?,20-/m0/s1. The van der Waals surface area contributed by atoms with E-state index in [0.29, 0.717) is 12.8 Å². The Bertz CT molecular complexity index is 1090. The third-order valence-electron chi connectivity index (χ3n) is 5.92. The summed E-state index contributed by atoms with van der Waals surface area (Å²) >= 11 is 0. The van der Waals surface area contributed by atoms with Gasteiger partial charge in [-0.05, 0) is 36.6 Å². The summed E-state index contributed by atoms with van der Waals surface area (Å²) in [5, 5.41) is 9.23. The smallest absolute Gasteiger partial charge is 0.267 e. The van der Waals surface area contributed by atoms with Crippen LogP contribution in [0.4, 0.5) is 13.2 Å². The zero-order valence-corrected chi connectivity index (χ0v) is 17.7. The maximum absolute atomic E-state index is 14.6. The lowest BCUT2D eigenvalue weighted by Gasteiger charge is -2.28. The van der Waals surface area contributed by atoms with E-state index in [4.69, 9.17) is 4.74 Å². The van der Waals surface area contributed by atoms with Gasteiger partial charge in [0.2, 0.25) is 5.91 Å². The van der Waals surface area contributed by atoms with Gasteiger partial charge in [0.15, 0.2) is 11.6 Å². The Hall–Kier alpha value is -3.54. The second-order valence-electron chi connectivity index (χ2n) is 8.25. The van der Waals surface area contributed by atoms with Gasteiger partial charge in [0.25, 0.3) is 11.8 Å². The Kier molecular flexibility index (Phi) is 6.27. The number of amides is 2. The van der Waals surface area contributed by atoms with Crippen molar-refractivity contribution in [1.82, 2.24) is 9.80 Å². The Morgan fingerprint density at radius 3 is 2.61 bits per heavy atom. The number of benzene rings is 2. The van der Waals surface area contributed by atoms with E-state index in [1.807, 2.05) is 36.4 Å². The number of nitrogens with zero attached hydrogens (tertiary/aromatic N) is 3. The van der Waals surface area contributed by atoms with Crippen LogP contribution >= 0.6 is 0 Å². The normalized spacial score (nSPS) is 21.6. The Morgan fingerprint density at radius 2 is 1.91 bits per heavy atom. The molecule has 0 aliphatic carbocycles. The van der Waals surface area contributed by atoms with E-state index in [9.17, 15) is 28.0 Å². The van der Waals surface area contributed by atoms with Crippen LogP contribution in [0.25, 0.3) is 0 Å². The maximum atomic E-state index is 14.6. The van der Waals surface area contributed by atoms with Crippen molar-refractivity contribution in [3.63, 3.8) is 0 Å². The van der Waals surface area contributed by atoms with Gasteiger partial charge in [0, 0.05) is 18.5 Å². The predicted molar refractivity (Wildman–Crippen MR) is 112 cm³/mol. The molecule has 0 spiro atoms. The van der Waals surface area contributed by atoms with E-state index in [-0.39, 0.29) is 24.5 Å². The molecule has 1 unspecified atom stereocenters. The number of carbonyl (C=O) groups excluding carboxylic acids is 2. The quantitative estimate of drug-likeness (QED) is 0.685. The monoisotopic (exact) mass is 457 g/mol. The number of halogens is 3. The highest BCUT2D eigenvalue weighted by atomic mass is 19.3. The average Bonchev–Trinajstić information content (AvgIpc) is 3.41. The molecule has 0 radical (unpaired) electrons. The summed E-state index contributed by atoms with van der Waals surface area (Å²) in [5.74, 6) is -5.69. The fourth-order valence-corrected chi connectivity index (χ4v) is 4.26. The number of carbonyl (C=O) groups is 2. The summed E-state index contributed by atoms with van der Waals surface area (Å²) in [4.78, 5) is 28.0. The molecule has 2 saturated heterocycles. The van der Waals surface area contributed by atoms with Crippen LogP contribution in [0.2, 0.25) is 0 Å². The van der Waals surface area contributed by atoms with Crippen LogP contribution < -0.4 is 4.74 Å². The zero-order valence-electron chi connectivity index (χ0n) is 17.7. The van der Waals surface area contributed by atoms with Gasteiger partial charge < -0.3 is 14.5 Å².